The first-order valence-electron chi connectivity index (χ1n) is 14.7. The zero-order valence-corrected chi connectivity index (χ0v) is 26.2. The molecule has 1 aromatic carbocycles. The van der Waals surface area contributed by atoms with E-state index in [1.165, 1.54) is 0 Å². The Morgan fingerprint density at radius 3 is 1.55 bits per heavy atom. The molecule has 1 aromatic rings. The summed E-state index contributed by atoms with van der Waals surface area (Å²) in [5.74, 6) is 0.0846. The van der Waals surface area contributed by atoms with E-state index in [0.29, 0.717) is 24.0 Å². The van der Waals surface area contributed by atoms with Gasteiger partial charge >= 0.3 is 0 Å². The van der Waals surface area contributed by atoms with Gasteiger partial charge in [0.15, 0.2) is 11.6 Å². The van der Waals surface area contributed by atoms with Crippen LogP contribution >= 0.6 is 0 Å². The van der Waals surface area contributed by atoms with Gasteiger partial charge in [0.05, 0.1) is 5.60 Å². The Morgan fingerprint density at radius 2 is 1.15 bits per heavy atom. The van der Waals surface area contributed by atoms with Gasteiger partial charge < -0.3 is 9.84 Å². The van der Waals surface area contributed by atoms with Crippen molar-refractivity contribution in [3.8, 4) is 0 Å². The first-order valence-corrected chi connectivity index (χ1v) is 14.7. The number of methoxy groups -OCH3 is 1. The van der Waals surface area contributed by atoms with Crippen LogP contribution in [0.1, 0.15) is 105 Å². The lowest BCUT2D eigenvalue weighted by atomic mass is 9.73. The molecule has 2 aliphatic rings. The molecule has 0 unspecified atom stereocenters. The molecule has 0 saturated heterocycles. The third kappa shape index (κ3) is 8.01. The minimum atomic E-state index is -0.290. The highest BCUT2D eigenvalue weighted by Crippen LogP contribution is 2.42. The maximum atomic E-state index is 13.9. The van der Waals surface area contributed by atoms with Crippen molar-refractivity contribution >= 4 is 22.7 Å². The van der Waals surface area contributed by atoms with Crippen LogP contribution in [0, 0.1) is 16.2 Å². The smallest absolute Gasteiger partial charge is 0.189 e. The van der Waals surface area contributed by atoms with Crippen LogP contribution in [0.4, 0.5) is 0 Å². The second kappa shape index (κ2) is 12.1. The normalized spacial score (nSPS) is 19.1. The molecule has 0 heterocycles. The molecule has 40 heavy (non-hydrogen) atoms. The summed E-state index contributed by atoms with van der Waals surface area (Å²) in [6.45, 7) is 16.9. The van der Waals surface area contributed by atoms with Gasteiger partial charge in [-0.25, -0.2) is 0 Å². The number of rotatable bonds is 12. The number of ether oxygens (including phenoxy) is 1. The Hall–Kier alpha value is -2.56. The number of benzene rings is 1. The summed E-state index contributed by atoms with van der Waals surface area (Å²) in [4.78, 5) is 27.8. The van der Waals surface area contributed by atoms with Gasteiger partial charge in [0.2, 0.25) is 0 Å². The van der Waals surface area contributed by atoms with E-state index in [1.54, 1.807) is 7.11 Å². The molecule has 0 amide bonds. The Bertz CT molecular complexity index is 1150. The zero-order valence-electron chi connectivity index (χ0n) is 26.2. The monoisotopic (exact) mass is 546 g/mol. The van der Waals surface area contributed by atoms with Crippen LogP contribution in [0.2, 0.25) is 0 Å². The third-order valence-electron chi connectivity index (χ3n) is 8.21. The number of hydrogen-bond acceptors (Lipinski definition) is 4. The Kier molecular flexibility index (Phi) is 9.69. The van der Waals surface area contributed by atoms with Crippen molar-refractivity contribution in [2.45, 2.75) is 99.5 Å². The predicted octanol–water partition coefficient (Wildman–Crippen LogP) is 8.31. The minimum absolute atomic E-state index is 0.0364. The molecule has 4 heteroatoms. The van der Waals surface area contributed by atoms with Crippen molar-refractivity contribution < 1.29 is 19.4 Å². The molecule has 0 bridgehead atoms. The van der Waals surface area contributed by atoms with E-state index in [-0.39, 0.29) is 40.0 Å². The van der Waals surface area contributed by atoms with Gasteiger partial charge in [-0.2, -0.15) is 0 Å². The third-order valence-corrected chi connectivity index (χ3v) is 8.21. The quantitative estimate of drug-likeness (QED) is 0.286. The van der Waals surface area contributed by atoms with Gasteiger partial charge in [-0.1, -0.05) is 90.1 Å². The lowest BCUT2D eigenvalue weighted by molar-refractivity contribution is -0.111. The first-order chi connectivity index (χ1) is 18.5. The average molecular weight is 547 g/mol. The number of ketones is 2. The molecular formula is C36H50O4. The molecule has 0 aliphatic heterocycles. The molecule has 0 spiro atoms. The maximum absolute atomic E-state index is 13.9. The second-order valence-corrected chi connectivity index (χ2v) is 14.3. The van der Waals surface area contributed by atoms with E-state index < -0.39 is 0 Å². The first kappa shape index (κ1) is 32.0. The predicted molar refractivity (Wildman–Crippen MR) is 166 cm³/mol. The molecule has 1 N–H and O–H groups in total. The molecule has 218 valence electrons. The molecule has 2 aliphatic carbocycles. The molecule has 4 nitrogen and oxygen atoms in total. The largest absolute Gasteiger partial charge is 0.396 e. The van der Waals surface area contributed by atoms with Crippen molar-refractivity contribution in [2.24, 2.45) is 16.2 Å². The van der Waals surface area contributed by atoms with E-state index in [4.69, 9.17) is 4.74 Å². The van der Waals surface area contributed by atoms with Gasteiger partial charge in [-0.3, -0.25) is 9.59 Å². The molecule has 0 atom stereocenters. The number of aliphatic hydroxyl groups is 1. The van der Waals surface area contributed by atoms with Crippen molar-refractivity contribution in [1.82, 2.24) is 0 Å². The molecule has 0 aromatic heterocycles. The Balaban J connectivity index is 1.93. The van der Waals surface area contributed by atoms with E-state index in [9.17, 15) is 14.7 Å². The number of allylic oxidation sites excluding steroid dienone is 8. The van der Waals surface area contributed by atoms with E-state index >= 15 is 0 Å². The number of carbonyl (C=O) groups excluding carboxylic acids is 2. The minimum Gasteiger partial charge on any atom is -0.396 e. The van der Waals surface area contributed by atoms with Crippen LogP contribution in [-0.2, 0) is 14.3 Å². The fourth-order valence-corrected chi connectivity index (χ4v) is 5.70. The van der Waals surface area contributed by atoms with Crippen molar-refractivity contribution in [2.75, 3.05) is 13.7 Å². The Labute approximate surface area is 242 Å². The summed E-state index contributed by atoms with van der Waals surface area (Å²) in [5, 5.41) is 9.65. The summed E-state index contributed by atoms with van der Waals surface area (Å²) in [7, 11) is 1.73. The molecule has 3 rings (SSSR count). The number of carbonyl (C=O) groups is 2. The van der Waals surface area contributed by atoms with E-state index in [0.717, 1.165) is 48.0 Å². The highest BCUT2D eigenvalue weighted by atomic mass is 16.5. The lowest BCUT2D eigenvalue weighted by Gasteiger charge is -2.30. The number of aliphatic hydroxyl groups excluding tert-OH is 1. The summed E-state index contributed by atoms with van der Waals surface area (Å²) in [5.41, 5.74) is 3.68. The standard InChI is InChI=1S/C36H50O4/c1-33(2,24-37)18-12-14-25-20-34(3,4)22-29(31(25)38)27-16-10-11-17-28(27)30-23-35(5,6)21-26(32(30)39)15-13-19-36(7,8)40-9/h10-11,16-17,20-23,37H,12-15,18-19,24H2,1-9H3. The molecule has 0 fully saturated rings. The zero-order chi connectivity index (χ0) is 29.9. The van der Waals surface area contributed by atoms with Gasteiger partial charge in [0, 0.05) is 35.7 Å². The Morgan fingerprint density at radius 1 is 0.725 bits per heavy atom. The molecule has 0 radical (unpaired) electrons. The fourth-order valence-electron chi connectivity index (χ4n) is 5.70. The van der Waals surface area contributed by atoms with Crippen molar-refractivity contribution in [3.05, 3.63) is 70.8 Å². The summed E-state index contributed by atoms with van der Waals surface area (Å²) in [6.07, 6.45) is 13.1. The van der Waals surface area contributed by atoms with Crippen LogP contribution < -0.4 is 0 Å². The molecule has 0 saturated carbocycles. The highest BCUT2D eigenvalue weighted by Gasteiger charge is 2.33. The van der Waals surface area contributed by atoms with Crippen LogP contribution in [-0.4, -0.2) is 36.0 Å². The van der Waals surface area contributed by atoms with E-state index in [2.05, 4.69) is 65.8 Å². The number of Topliss-reactive ketones (excluding diaryl/α,β-unsaturated/α-hetero) is 2. The average Bonchev–Trinajstić information content (AvgIpc) is 2.87. The van der Waals surface area contributed by atoms with Gasteiger partial charge in [-0.15, -0.1) is 0 Å². The summed E-state index contributed by atoms with van der Waals surface area (Å²) < 4.78 is 5.58. The molecular weight excluding hydrogens is 496 g/mol. The van der Waals surface area contributed by atoms with Gasteiger partial charge in [0.1, 0.15) is 0 Å². The van der Waals surface area contributed by atoms with Crippen LogP contribution in [0.25, 0.3) is 11.1 Å². The number of hydrogen-bond donors (Lipinski definition) is 1. The second-order valence-electron chi connectivity index (χ2n) is 14.3. The van der Waals surface area contributed by atoms with Gasteiger partial charge in [0.25, 0.3) is 0 Å². The summed E-state index contributed by atoms with van der Waals surface area (Å²) in [6, 6.07) is 7.86. The fraction of sp³-hybridized carbons (Fsp3) is 0.556. The highest BCUT2D eigenvalue weighted by molar-refractivity contribution is 6.34. The van der Waals surface area contributed by atoms with Crippen LogP contribution in [0.15, 0.2) is 59.7 Å². The SMILES string of the molecule is COC(C)(C)CCCC1=CC(C)(C)C=C(c2ccccc2C2=CC(C)(C)C=C(CCCC(C)(C)CO)C2=O)C1=O. The van der Waals surface area contributed by atoms with Gasteiger partial charge in [-0.05, 0) is 80.1 Å². The van der Waals surface area contributed by atoms with Crippen molar-refractivity contribution in [1.29, 1.82) is 0 Å². The van der Waals surface area contributed by atoms with Crippen LogP contribution in [0.5, 0.6) is 0 Å². The lowest BCUT2D eigenvalue weighted by Crippen LogP contribution is -2.23. The van der Waals surface area contributed by atoms with Crippen molar-refractivity contribution in [3.63, 3.8) is 0 Å². The maximum Gasteiger partial charge on any atom is 0.189 e. The van der Waals surface area contributed by atoms with Crippen LogP contribution in [0.3, 0.4) is 0 Å². The summed E-state index contributed by atoms with van der Waals surface area (Å²) >= 11 is 0. The topological polar surface area (TPSA) is 63.6 Å². The van der Waals surface area contributed by atoms with E-state index in [1.807, 2.05) is 38.1 Å².